The van der Waals surface area contributed by atoms with Crippen LogP contribution in [-0.2, 0) is 30.3 Å². The molecule has 1 amide bonds. The highest BCUT2D eigenvalue weighted by Gasteiger charge is 2.39. The maximum atomic E-state index is 13.3. The SMILES string of the molecule is CCCc1nc2c(c(C(F)(F)F)n1)CCN(C(=O)OC(C)(C)C)C2. The molecule has 0 bridgehead atoms. The van der Waals surface area contributed by atoms with Gasteiger partial charge in [-0.05, 0) is 33.6 Å². The van der Waals surface area contributed by atoms with Gasteiger partial charge in [0.05, 0.1) is 12.2 Å². The molecule has 0 aliphatic carbocycles. The number of carbonyl (C=O) groups is 1. The number of halogens is 3. The van der Waals surface area contributed by atoms with Crippen LogP contribution in [0.25, 0.3) is 0 Å². The van der Waals surface area contributed by atoms with E-state index in [1.54, 1.807) is 20.8 Å². The van der Waals surface area contributed by atoms with E-state index in [0.717, 1.165) is 0 Å². The minimum absolute atomic E-state index is 0.00651. The number of hydrogen-bond acceptors (Lipinski definition) is 4. The van der Waals surface area contributed by atoms with Gasteiger partial charge in [0.15, 0.2) is 5.69 Å². The topological polar surface area (TPSA) is 55.3 Å². The lowest BCUT2D eigenvalue weighted by Crippen LogP contribution is -2.41. The summed E-state index contributed by atoms with van der Waals surface area (Å²) in [5, 5.41) is 0. The largest absolute Gasteiger partial charge is 0.444 e. The van der Waals surface area contributed by atoms with E-state index in [0.29, 0.717) is 12.8 Å². The number of nitrogens with zero attached hydrogens (tertiary/aromatic N) is 3. The third-order valence-corrected chi connectivity index (χ3v) is 3.51. The molecule has 0 saturated carbocycles. The van der Waals surface area contributed by atoms with Gasteiger partial charge in [-0.15, -0.1) is 0 Å². The second-order valence-electron chi connectivity index (χ2n) is 6.81. The van der Waals surface area contributed by atoms with E-state index >= 15 is 0 Å². The monoisotopic (exact) mass is 345 g/mol. The summed E-state index contributed by atoms with van der Waals surface area (Å²) in [4.78, 5) is 21.5. The molecule has 5 nitrogen and oxygen atoms in total. The number of alkyl halides is 3. The first-order valence-electron chi connectivity index (χ1n) is 7.95. The molecule has 0 spiro atoms. The van der Waals surface area contributed by atoms with Crippen LogP contribution in [0.1, 0.15) is 56.9 Å². The smallest absolute Gasteiger partial charge is 0.433 e. The number of ether oxygens (including phenoxy) is 1. The molecule has 0 unspecified atom stereocenters. The van der Waals surface area contributed by atoms with Gasteiger partial charge < -0.3 is 9.64 Å². The Morgan fingerprint density at radius 2 is 1.92 bits per heavy atom. The van der Waals surface area contributed by atoms with E-state index < -0.39 is 23.6 Å². The van der Waals surface area contributed by atoms with Gasteiger partial charge in [-0.3, -0.25) is 0 Å². The van der Waals surface area contributed by atoms with Crippen molar-refractivity contribution in [2.45, 2.75) is 65.3 Å². The van der Waals surface area contributed by atoms with Crippen LogP contribution in [0.5, 0.6) is 0 Å². The molecule has 1 aliphatic rings. The molecule has 1 aliphatic heterocycles. The summed E-state index contributed by atoms with van der Waals surface area (Å²) in [6.45, 7) is 7.24. The molecular formula is C16H22F3N3O2. The van der Waals surface area contributed by atoms with E-state index in [9.17, 15) is 18.0 Å². The van der Waals surface area contributed by atoms with Crippen molar-refractivity contribution in [2.24, 2.45) is 0 Å². The van der Waals surface area contributed by atoms with E-state index in [2.05, 4.69) is 9.97 Å². The maximum absolute atomic E-state index is 13.3. The molecule has 0 radical (unpaired) electrons. The van der Waals surface area contributed by atoms with E-state index in [4.69, 9.17) is 4.74 Å². The summed E-state index contributed by atoms with van der Waals surface area (Å²) in [5.41, 5.74) is -1.19. The summed E-state index contributed by atoms with van der Waals surface area (Å²) in [7, 11) is 0. The van der Waals surface area contributed by atoms with Crippen molar-refractivity contribution in [3.8, 4) is 0 Å². The molecule has 0 fully saturated rings. The summed E-state index contributed by atoms with van der Waals surface area (Å²) < 4.78 is 45.1. The molecule has 134 valence electrons. The number of rotatable bonds is 2. The van der Waals surface area contributed by atoms with Gasteiger partial charge in [0.1, 0.15) is 11.4 Å². The summed E-state index contributed by atoms with van der Waals surface area (Å²) in [6.07, 6.45) is -3.99. The van der Waals surface area contributed by atoms with Gasteiger partial charge in [-0.2, -0.15) is 13.2 Å². The van der Waals surface area contributed by atoms with Gasteiger partial charge in [0.2, 0.25) is 0 Å². The first-order valence-corrected chi connectivity index (χ1v) is 7.95. The van der Waals surface area contributed by atoms with Crippen LogP contribution in [0.3, 0.4) is 0 Å². The van der Waals surface area contributed by atoms with Crippen LogP contribution < -0.4 is 0 Å². The Morgan fingerprint density at radius 1 is 1.25 bits per heavy atom. The van der Waals surface area contributed by atoms with E-state index in [1.807, 2.05) is 6.92 Å². The van der Waals surface area contributed by atoms with Gasteiger partial charge in [0, 0.05) is 18.5 Å². The van der Waals surface area contributed by atoms with Crippen molar-refractivity contribution in [3.05, 3.63) is 22.8 Å². The van der Waals surface area contributed by atoms with Crippen LogP contribution in [-0.4, -0.2) is 33.1 Å². The van der Waals surface area contributed by atoms with Crippen molar-refractivity contribution < 1.29 is 22.7 Å². The fraction of sp³-hybridized carbons (Fsp3) is 0.688. The molecular weight excluding hydrogens is 323 g/mol. The van der Waals surface area contributed by atoms with Crippen molar-refractivity contribution in [3.63, 3.8) is 0 Å². The molecule has 0 N–H and O–H groups in total. The van der Waals surface area contributed by atoms with E-state index in [-0.39, 0.29) is 36.6 Å². The fourth-order valence-corrected chi connectivity index (χ4v) is 2.53. The first-order chi connectivity index (χ1) is 11.0. The number of fused-ring (bicyclic) bond motifs is 1. The Labute approximate surface area is 139 Å². The second kappa shape index (κ2) is 6.57. The first kappa shape index (κ1) is 18.5. The zero-order valence-electron chi connectivity index (χ0n) is 14.3. The summed E-state index contributed by atoms with van der Waals surface area (Å²) in [6, 6.07) is 0. The molecule has 0 aromatic carbocycles. The fourth-order valence-electron chi connectivity index (χ4n) is 2.53. The lowest BCUT2D eigenvalue weighted by molar-refractivity contribution is -0.142. The van der Waals surface area contributed by atoms with Gasteiger partial charge >= 0.3 is 12.3 Å². The minimum atomic E-state index is -4.52. The average Bonchev–Trinajstić information content (AvgIpc) is 2.43. The van der Waals surface area contributed by atoms with Crippen molar-refractivity contribution in [1.82, 2.24) is 14.9 Å². The van der Waals surface area contributed by atoms with E-state index in [1.165, 1.54) is 4.90 Å². The molecule has 0 saturated heterocycles. The van der Waals surface area contributed by atoms with Crippen LogP contribution in [0, 0.1) is 0 Å². The molecule has 1 aromatic heterocycles. The Hall–Kier alpha value is -1.86. The Bertz CT molecular complexity index is 624. The Morgan fingerprint density at radius 3 is 2.46 bits per heavy atom. The highest BCUT2D eigenvalue weighted by molar-refractivity contribution is 5.68. The van der Waals surface area contributed by atoms with Crippen LogP contribution in [0.4, 0.5) is 18.0 Å². The average molecular weight is 345 g/mol. The minimum Gasteiger partial charge on any atom is -0.444 e. The predicted octanol–water partition coefficient (Wildman–Crippen LogP) is 3.74. The van der Waals surface area contributed by atoms with Crippen molar-refractivity contribution in [1.29, 1.82) is 0 Å². The van der Waals surface area contributed by atoms with Crippen LogP contribution in [0.2, 0.25) is 0 Å². The number of aryl methyl sites for hydroxylation is 1. The standard InChI is InChI=1S/C16H22F3N3O2/c1-5-6-12-20-11-9-22(14(23)24-15(2,3)4)8-7-10(11)13(21-12)16(17,18)19/h5-9H2,1-4H3. The third-order valence-electron chi connectivity index (χ3n) is 3.51. The molecule has 2 rings (SSSR count). The summed E-state index contributed by atoms with van der Waals surface area (Å²) in [5.74, 6) is 0.162. The molecule has 0 atom stereocenters. The zero-order chi connectivity index (χ0) is 18.1. The van der Waals surface area contributed by atoms with Gasteiger partial charge in [-0.1, -0.05) is 6.92 Å². The van der Waals surface area contributed by atoms with Crippen LogP contribution >= 0.6 is 0 Å². The second-order valence-corrected chi connectivity index (χ2v) is 6.81. The van der Waals surface area contributed by atoms with Crippen LogP contribution in [0.15, 0.2) is 0 Å². The Kier molecular flexibility index (Phi) is 5.05. The highest BCUT2D eigenvalue weighted by atomic mass is 19.4. The quantitative estimate of drug-likeness (QED) is 0.819. The summed E-state index contributed by atoms with van der Waals surface area (Å²) >= 11 is 0. The number of aromatic nitrogens is 2. The number of hydrogen-bond donors (Lipinski definition) is 0. The van der Waals surface area contributed by atoms with Crippen molar-refractivity contribution >= 4 is 6.09 Å². The molecule has 2 heterocycles. The normalized spacial score (nSPS) is 15.2. The van der Waals surface area contributed by atoms with Crippen molar-refractivity contribution in [2.75, 3.05) is 6.54 Å². The maximum Gasteiger partial charge on any atom is 0.433 e. The highest BCUT2D eigenvalue weighted by Crippen LogP contribution is 2.34. The number of amides is 1. The van der Waals surface area contributed by atoms with Gasteiger partial charge in [-0.25, -0.2) is 14.8 Å². The Balaban J connectivity index is 2.33. The third kappa shape index (κ3) is 4.36. The lowest BCUT2D eigenvalue weighted by atomic mass is 10.0. The predicted molar refractivity (Wildman–Crippen MR) is 81.4 cm³/mol. The molecule has 24 heavy (non-hydrogen) atoms. The zero-order valence-corrected chi connectivity index (χ0v) is 14.3. The van der Waals surface area contributed by atoms with Gasteiger partial charge in [0.25, 0.3) is 0 Å². The molecule has 1 aromatic rings. The lowest BCUT2D eigenvalue weighted by Gasteiger charge is -2.31. The number of carbonyl (C=O) groups excluding carboxylic acids is 1. The molecule has 8 heteroatoms.